The van der Waals surface area contributed by atoms with Gasteiger partial charge in [0.15, 0.2) is 17.7 Å². The third kappa shape index (κ3) is 6.98. The Morgan fingerprint density at radius 2 is 1.81 bits per heavy atom. The normalized spacial score (nSPS) is 20.8. The molecule has 6 bridgehead atoms. The van der Waals surface area contributed by atoms with E-state index in [-0.39, 0.29) is 17.5 Å². The van der Waals surface area contributed by atoms with E-state index in [4.69, 9.17) is 23.9 Å². The number of hydrogen-bond acceptors (Lipinski definition) is 7. The van der Waals surface area contributed by atoms with Gasteiger partial charge in [0.05, 0.1) is 36.7 Å². The molecule has 48 heavy (non-hydrogen) atoms. The lowest BCUT2D eigenvalue weighted by atomic mass is 9.92. The number of aryl methyl sites for hydroxylation is 1. The Balaban J connectivity index is 1.56. The molecule has 9 heteroatoms. The van der Waals surface area contributed by atoms with Crippen LogP contribution in [0, 0.1) is 12.7 Å². The molecule has 2 aromatic heterocycles. The molecule has 0 amide bonds. The average molecular weight is 656 g/mol. The molecule has 0 spiro atoms. The van der Waals surface area contributed by atoms with Crippen LogP contribution in [0.25, 0.3) is 28.0 Å². The molecule has 254 valence electrons. The zero-order valence-corrected chi connectivity index (χ0v) is 29.0. The Morgan fingerprint density at radius 1 is 1.08 bits per heavy atom. The summed E-state index contributed by atoms with van der Waals surface area (Å²) in [6, 6.07) is 14.9. The van der Waals surface area contributed by atoms with Gasteiger partial charge in [-0.25, -0.2) is 14.2 Å². The molecule has 4 aromatic rings. The van der Waals surface area contributed by atoms with Gasteiger partial charge in [-0.2, -0.15) is 0 Å². The lowest BCUT2D eigenvalue weighted by molar-refractivity contribution is -0.164. The maximum absolute atomic E-state index is 15.3. The van der Waals surface area contributed by atoms with Crippen molar-refractivity contribution in [3.05, 3.63) is 83.8 Å². The number of aromatic nitrogens is 2. The molecule has 2 aromatic carbocycles. The Morgan fingerprint density at radius 3 is 2.54 bits per heavy atom. The predicted octanol–water partition coefficient (Wildman–Crippen LogP) is 8.25. The highest BCUT2D eigenvalue weighted by molar-refractivity contribution is 5.81. The lowest BCUT2D eigenvalue weighted by Crippen LogP contribution is -2.45. The van der Waals surface area contributed by atoms with Crippen LogP contribution in [0.4, 0.5) is 10.2 Å². The largest absolute Gasteiger partial charge is 0.487 e. The van der Waals surface area contributed by atoms with Crippen molar-refractivity contribution in [3.63, 3.8) is 0 Å². The third-order valence-electron chi connectivity index (χ3n) is 9.16. The van der Waals surface area contributed by atoms with Crippen LogP contribution in [0.5, 0.6) is 5.75 Å². The smallest absolute Gasteiger partial charge is 0.339 e. The number of anilines is 1. The SMILES string of the molecule is COC(=O)[C@@H](OC(C)(C)C)c1c(C)cc2nc3cn2c1N1CCC(C)(CC1)OCC=CC[C@H](C)Oc1c(F)cccc1-c1cccc-3c1. The quantitative estimate of drug-likeness (QED) is 0.163. The number of pyridine rings is 1. The van der Waals surface area contributed by atoms with Crippen LogP contribution in [-0.2, 0) is 19.0 Å². The third-order valence-corrected chi connectivity index (χ3v) is 9.16. The minimum atomic E-state index is -0.947. The Labute approximate surface area is 282 Å². The highest BCUT2D eigenvalue weighted by Gasteiger charge is 2.37. The van der Waals surface area contributed by atoms with E-state index in [0.29, 0.717) is 31.7 Å². The lowest BCUT2D eigenvalue weighted by Gasteiger charge is -2.41. The second-order valence-electron chi connectivity index (χ2n) is 14.1. The molecule has 0 N–H and O–H groups in total. The van der Waals surface area contributed by atoms with Crippen LogP contribution in [0.15, 0.2) is 66.9 Å². The zero-order chi connectivity index (χ0) is 34.2. The number of rotatable bonds is 3. The number of halogens is 1. The Bertz CT molecular complexity index is 1830. The second-order valence-corrected chi connectivity index (χ2v) is 14.1. The Hall–Kier alpha value is -4.21. The number of fused-ring (bicyclic) bond motifs is 7. The van der Waals surface area contributed by atoms with E-state index in [2.05, 4.69) is 16.2 Å². The van der Waals surface area contributed by atoms with E-state index in [1.807, 2.05) is 89.4 Å². The van der Waals surface area contributed by atoms with Gasteiger partial charge in [-0.3, -0.25) is 4.40 Å². The molecule has 0 aliphatic carbocycles. The molecular weight excluding hydrogens is 609 g/mol. The highest BCUT2D eigenvalue weighted by Crippen LogP contribution is 2.41. The summed E-state index contributed by atoms with van der Waals surface area (Å²) in [5, 5.41) is 0. The van der Waals surface area contributed by atoms with E-state index in [9.17, 15) is 4.79 Å². The monoisotopic (exact) mass is 655 g/mol. The first-order chi connectivity index (χ1) is 22.9. The van der Waals surface area contributed by atoms with Gasteiger partial charge in [0.2, 0.25) is 0 Å². The maximum Gasteiger partial charge on any atom is 0.339 e. The van der Waals surface area contributed by atoms with Gasteiger partial charge in [-0.15, -0.1) is 0 Å². The molecule has 3 aliphatic heterocycles. The summed E-state index contributed by atoms with van der Waals surface area (Å²) in [5.41, 5.74) is 4.56. The van der Waals surface area contributed by atoms with Crippen molar-refractivity contribution in [2.45, 2.75) is 84.2 Å². The second kappa shape index (κ2) is 13.4. The number of ether oxygens (including phenoxy) is 4. The van der Waals surface area contributed by atoms with E-state index in [1.165, 1.54) is 13.2 Å². The van der Waals surface area contributed by atoms with Gasteiger partial charge in [-0.05, 0) is 83.7 Å². The number of esters is 1. The summed E-state index contributed by atoms with van der Waals surface area (Å²) in [7, 11) is 1.39. The van der Waals surface area contributed by atoms with E-state index in [1.54, 1.807) is 6.07 Å². The van der Waals surface area contributed by atoms with Crippen LogP contribution >= 0.6 is 0 Å². The summed E-state index contributed by atoms with van der Waals surface area (Å²) >= 11 is 0. The van der Waals surface area contributed by atoms with Gasteiger partial charge in [-0.1, -0.05) is 42.5 Å². The molecule has 0 unspecified atom stereocenters. The van der Waals surface area contributed by atoms with Crippen LogP contribution in [-0.4, -0.2) is 59.5 Å². The predicted molar refractivity (Wildman–Crippen MR) is 186 cm³/mol. The average Bonchev–Trinajstić information content (AvgIpc) is 3.47. The van der Waals surface area contributed by atoms with Crippen LogP contribution in [0.2, 0.25) is 0 Å². The van der Waals surface area contributed by atoms with Crippen molar-refractivity contribution in [2.24, 2.45) is 0 Å². The molecule has 7 rings (SSSR count). The Kier molecular flexibility index (Phi) is 9.37. The molecule has 0 saturated carbocycles. The molecule has 3 aliphatic rings. The topological polar surface area (TPSA) is 74.5 Å². The zero-order valence-electron chi connectivity index (χ0n) is 29.0. The molecule has 8 nitrogen and oxygen atoms in total. The van der Waals surface area contributed by atoms with Gasteiger partial charge >= 0.3 is 5.97 Å². The number of para-hydroxylation sites is 1. The van der Waals surface area contributed by atoms with Crippen LogP contribution < -0.4 is 9.64 Å². The fourth-order valence-electron chi connectivity index (χ4n) is 6.61. The van der Waals surface area contributed by atoms with E-state index >= 15 is 4.39 Å². The first-order valence-electron chi connectivity index (χ1n) is 16.7. The van der Waals surface area contributed by atoms with E-state index < -0.39 is 23.5 Å². The molecule has 1 fully saturated rings. The standard InChI is InChI=1S/C39H46FN3O5/c1-25-22-32-41-31-24-43(32)36(33(25)35(37(44)45-7)48-38(3,4)5)42-19-17-39(6,18-20-42)46-21-9-8-12-26(2)47-34-29(15-11-16-30(34)40)27-13-10-14-28(31)23-27/h8-11,13-16,22-24,26,35H,12,17-21H2,1-7H3/t26-,35-/m0/s1. The first kappa shape index (κ1) is 33.7. The summed E-state index contributed by atoms with van der Waals surface area (Å²) in [5.74, 6) is 0.215. The van der Waals surface area contributed by atoms with Crippen molar-refractivity contribution in [1.82, 2.24) is 9.38 Å². The van der Waals surface area contributed by atoms with Crippen molar-refractivity contribution >= 4 is 17.4 Å². The molecule has 2 atom stereocenters. The fourth-order valence-corrected chi connectivity index (χ4v) is 6.61. The van der Waals surface area contributed by atoms with Crippen molar-refractivity contribution < 1.29 is 28.1 Å². The molecular formula is C39H46FN3O5. The molecule has 1 saturated heterocycles. The van der Waals surface area contributed by atoms with Gasteiger partial charge in [0.25, 0.3) is 0 Å². The minimum Gasteiger partial charge on any atom is -0.487 e. The van der Waals surface area contributed by atoms with Gasteiger partial charge < -0.3 is 23.8 Å². The first-order valence-corrected chi connectivity index (χ1v) is 16.7. The fraction of sp³-hybridized carbons (Fsp3) is 0.436. The molecule has 0 radical (unpaired) electrons. The number of carbonyl (C=O) groups excluding carboxylic acids is 1. The summed E-state index contributed by atoms with van der Waals surface area (Å²) in [6.45, 7) is 13.8. The van der Waals surface area contributed by atoms with Gasteiger partial charge in [0, 0.05) is 42.4 Å². The number of methoxy groups -OCH3 is 1. The number of imidazole rings is 1. The molecule has 5 heterocycles. The van der Waals surface area contributed by atoms with Crippen molar-refractivity contribution in [2.75, 3.05) is 31.7 Å². The maximum atomic E-state index is 15.3. The van der Waals surface area contributed by atoms with Crippen molar-refractivity contribution in [3.8, 4) is 28.1 Å². The number of nitrogens with zero attached hydrogens (tertiary/aromatic N) is 3. The van der Waals surface area contributed by atoms with E-state index in [0.717, 1.165) is 52.3 Å². The van der Waals surface area contributed by atoms with Crippen LogP contribution in [0.3, 0.4) is 0 Å². The minimum absolute atomic E-state index is 0.226. The number of benzene rings is 2. The van der Waals surface area contributed by atoms with Crippen molar-refractivity contribution in [1.29, 1.82) is 0 Å². The number of carbonyl (C=O) groups is 1. The van der Waals surface area contributed by atoms with Gasteiger partial charge in [0.1, 0.15) is 11.5 Å². The number of hydrogen-bond donors (Lipinski definition) is 0. The number of piperidine rings is 1. The summed E-state index contributed by atoms with van der Waals surface area (Å²) in [4.78, 5) is 20.8. The van der Waals surface area contributed by atoms with Crippen LogP contribution in [0.1, 0.15) is 71.1 Å². The summed E-state index contributed by atoms with van der Waals surface area (Å²) in [6.07, 6.45) is 7.07. The summed E-state index contributed by atoms with van der Waals surface area (Å²) < 4.78 is 41.7. The highest BCUT2D eigenvalue weighted by atomic mass is 19.1.